The van der Waals surface area contributed by atoms with E-state index in [1.54, 1.807) is 30.3 Å². The van der Waals surface area contributed by atoms with Crippen LogP contribution >= 0.6 is 11.3 Å². The molecule has 1 amide bonds. The molecule has 0 unspecified atom stereocenters. The molecular formula is C11H9BF2N2O3S. The molecule has 0 saturated heterocycles. The van der Waals surface area contributed by atoms with Crippen molar-refractivity contribution in [2.75, 3.05) is 5.32 Å². The van der Waals surface area contributed by atoms with E-state index in [1.165, 1.54) is 0 Å². The predicted molar refractivity (Wildman–Crippen MR) is 71.3 cm³/mol. The van der Waals surface area contributed by atoms with Gasteiger partial charge in [-0.1, -0.05) is 18.2 Å². The summed E-state index contributed by atoms with van der Waals surface area (Å²) in [7, 11) is -2.14. The first kappa shape index (κ1) is 14.6. The second kappa shape index (κ2) is 6.08. The number of thiazole rings is 1. The third-order valence-electron chi connectivity index (χ3n) is 2.35. The number of amides is 1. The highest BCUT2D eigenvalue weighted by Crippen LogP contribution is 2.24. The Morgan fingerprint density at radius 1 is 1.30 bits per heavy atom. The van der Waals surface area contributed by atoms with Crippen molar-refractivity contribution in [2.45, 2.75) is 6.43 Å². The van der Waals surface area contributed by atoms with Crippen LogP contribution in [0.4, 0.5) is 14.5 Å². The number of halogens is 2. The van der Waals surface area contributed by atoms with Gasteiger partial charge in [-0.05, 0) is 12.1 Å². The van der Waals surface area contributed by atoms with E-state index in [4.69, 9.17) is 10.0 Å². The van der Waals surface area contributed by atoms with E-state index in [-0.39, 0.29) is 5.01 Å². The van der Waals surface area contributed by atoms with Crippen molar-refractivity contribution in [3.8, 4) is 0 Å². The summed E-state index contributed by atoms with van der Waals surface area (Å²) >= 11 is 0.430. The molecule has 0 aliphatic rings. The topological polar surface area (TPSA) is 82.5 Å². The van der Waals surface area contributed by atoms with Crippen LogP contribution in [0.25, 0.3) is 0 Å². The molecule has 20 heavy (non-hydrogen) atoms. The largest absolute Gasteiger partial charge is 0.509 e. The first-order valence-corrected chi connectivity index (χ1v) is 6.32. The number of benzene rings is 1. The zero-order valence-electron chi connectivity index (χ0n) is 9.96. The lowest BCUT2D eigenvalue weighted by molar-refractivity contribution is 0.102. The van der Waals surface area contributed by atoms with E-state index < -0.39 is 29.9 Å². The highest BCUT2D eigenvalue weighted by atomic mass is 32.1. The van der Waals surface area contributed by atoms with E-state index in [2.05, 4.69) is 10.3 Å². The Labute approximate surface area is 117 Å². The molecule has 0 spiro atoms. The number of nitrogens with one attached hydrogen (secondary N) is 1. The van der Waals surface area contributed by atoms with Crippen molar-refractivity contribution < 1.29 is 23.6 Å². The monoisotopic (exact) mass is 298 g/mol. The molecule has 0 radical (unpaired) electrons. The summed E-state index contributed by atoms with van der Waals surface area (Å²) in [6, 6.07) is 8.41. The quantitative estimate of drug-likeness (QED) is 0.736. The van der Waals surface area contributed by atoms with E-state index in [9.17, 15) is 13.6 Å². The number of aromatic nitrogens is 1. The average Bonchev–Trinajstić information content (AvgIpc) is 2.85. The van der Waals surface area contributed by atoms with Gasteiger partial charge in [-0.2, -0.15) is 0 Å². The molecule has 0 atom stereocenters. The third kappa shape index (κ3) is 3.18. The summed E-state index contributed by atoms with van der Waals surface area (Å²) in [6.07, 6.45) is -2.93. The molecule has 1 heterocycles. The molecule has 0 aliphatic carbocycles. The van der Waals surface area contributed by atoms with Gasteiger partial charge in [0.15, 0.2) is 5.01 Å². The van der Waals surface area contributed by atoms with Crippen LogP contribution in [-0.4, -0.2) is 28.1 Å². The fourth-order valence-electron chi connectivity index (χ4n) is 1.49. The van der Waals surface area contributed by atoms with Crippen LogP contribution in [0.5, 0.6) is 0 Å². The fraction of sp³-hybridized carbons (Fsp3) is 0.0909. The van der Waals surface area contributed by atoms with Gasteiger partial charge in [0, 0.05) is 5.69 Å². The maximum atomic E-state index is 12.7. The van der Waals surface area contributed by atoms with Crippen molar-refractivity contribution in [3.63, 3.8) is 0 Å². The standard InChI is InChI=1S/C11H9BF2N2O3S/c13-9(14)7-8(12(18)19)16-11(20-7)10(17)15-6-4-2-1-3-5-6/h1-5,9,18-19H,(H,15,17). The molecule has 2 aromatic rings. The molecular weight excluding hydrogens is 289 g/mol. The highest BCUT2D eigenvalue weighted by molar-refractivity contribution is 7.15. The fourth-order valence-corrected chi connectivity index (χ4v) is 2.33. The van der Waals surface area contributed by atoms with Crippen LogP contribution in [0, 0.1) is 0 Å². The molecule has 2 rings (SSSR count). The van der Waals surface area contributed by atoms with Crippen molar-refractivity contribution in [1.82, 2.24) is 4.98 Å². The Bertz CT molecular complexity index is 581. The third-order valence-corrected chi connectivity index (χ3v) is 3.43. The Hall–Kier alpha value is -1.84. The SMILES string of the molecule is O=C(Nc1ccccc1)c1nc(B(O)O)c(C(F)F)s1. The number of hydrogen-bond donors (Lipinski definition) is 3. The van der Waals surface area contributed by atoms with Gasteiger partial charge < -0.3 is 15.4 Å². The van der Waals surface area contributed by atoms with Gasteiger partial charge in [-0.15, -0.1) is 11.3 Å². The zero-order valence-corrected chi connectivity index (χ0v) is 10.8. The van der Waals surface area contributed by atoms with Crippen LogP contribution in [0.3, 0.4) is 0 Å². The van der Waals surface area contributed by atoms with Crippen LogP contribution in [0.2, 0.25) is 0 Å². The minimum atomic E-state index is -2.93. The lowest BCUT2D eigenvalue weighted by Crippen LogP contribution is -2.34. The summed E-state index contributed by atoms with van der Waals surface area (Å²) < 4.78 is 25.4. The minimum absolute atomic E-state index is 0.257. The summed E-state index contributed by atoms with van der Waals surface area (Å²) in [4.78, 5) is 14.8. The van der Waals surface area contributed by atoms with E-state index in [0.29, 0.717) is 17.0 Å². The number of hydrogen-bond acceptors (Lipinski definition) is 5. The number of nitrogens with zero attached hydrogens (tertiary/aromatic N) is 1. The lowest BCUT2D eigenvalue weighted by atomic mass is 9.85. The first-order chi connectivity index (χ1) is 9.49. The molecule has 0 fully saturated rings. The van der Waals surface area contributed by atoms with E-state index >= 15 is 0 Å². The van der Waals surface area contributed by atoms with Crippen LogP contribution in [0.1, 0.15) is 21.1 Å². The van der Waals surface area contributed by atoms with E-state index in [0.717, 1.165) is 0 Å². The van der Waals surface area contributed by atoms with Crippen molar-refractivity contribution in [1.29, 1.82) is 0 Å². The Morgan fingerprint density at radius 3 is 2.45 bits per heavy atom. The van der Waals surface area contributed by atoms with Crippen molar-refractivity contribution in [2.24, 2.45) is 0 Å². The number of para-hydroxylation sites is 1. The van der Waals surface area contributed by atoms with Crippen LogP contribution < -0.4 is 10.9 Å². The molecule has 0 saturated carbocycles. The molecule has 0 bridgehead atoms. The minimum Gasteiger partial charge on any atom is -0.422 e. The second-order valence-electron chi connectivity index (χ2n) is 3.76. The molecule has 0 aliphatic heterocycles. The van der Waals surface area contributed by atoms with E-state index in [1.807, 2.05) is 0 Å². The van der Waals surface area contributed by atoms with Crippen molar-refractivity contribution >= 4 is 35.6 Å². The lowest BCUT2D eigenvalue weighted by Gasteiger charge is -2.01. The number of carbonyl (C=O) groups excluding carboxylic acids is 1. The van der Waals surface area contributed by atoms with Gasteiger partial charge >= 0.3 is 7.12 Å². The number of carbonyl (C=O) groups is 1. The molecule has 1 aromatic carbocycles. The predicted octanol–water partition coefficient (Wildman–Crippen LogP) is 1.01. The summed E-state index contributed by atoms with van der Waals surface area (Å²) in [6.45, 7) is 0. The molecule has 1 aromatic heterocycles. The average molecular weight is 298 g/mol. The Balaban J connectivity index is 2.24. The maximum absolute atomic E-state index is 12.7. The van der Waals surface area contributed by atoms with Crippen molar-refractivity contribution in [3.05, 3.63) is 40.2 Å². The number of rotatable bonds is 4. The first-order valence-electron chi connectivity index (χ1n) is 5.50. The second-order valence-corrected chi connectivity index (χ2v) is 4.79. The molecule has 5 nitrogen and oxygen atoms in total. The highest BCUT2D eigenvalue weighted by Gasteiger charge is 2.29. The van der Waals surface area contributed by atoms with Gasteiger partial charge in [0.05, 0.1) is 10.5 Å². The number of alkyl halides is 2. The van der Waals surface area contributed by atoms with Gasteiger partial charge in [-0.3, -0.25) is 4.79 Å². The van der Waals surface area contributed by atoms with Gasteiger partial charge in [0.25, 0.3) is 12.3 Å². The number of anilines is 1. The summed E-state index contributed by atoms with van der Waals surface area (Å²) in [5.41, 5.74) is -0.111. The summed E-state index contributed by atoms with van der Waals surface area (Å²) in [5.74, 6) is -0.685. The van der Waals surface area contributed by atoms with Crippen LogP contribution in [0.15, 0.2) is 30.3 Å². The molecule has 3 N–H and O–H groups in total. The Morgan fingerprint density at radius 2 is 1.95 bits per heavy atom. The van der Waals surface area contributed by atoms with Gasteiger partial charge in [-0.25, -0.2) is 13.8 Å². The summed E-state index contributed by atoms with van der Waals surface area (Å²) in [5, 5.41) is 20.2. The smallest absolute Gasteiger partial charge is 0.422 e. The van der Waals surface area contributed by atoms with Gasteiger partial charge in [0.1, 0.15) is 0 Å². The maximum Gasteiger partial charge on any atom is 0.509 e. The van der Waals surface area contributed by atoms with Gasteiger partial charge in [0.2, 0.25) is 0 Å². The van der Waals surface area contributed by atoms with Crippen LogP contribution in [-0.2, 0) is 0 Å². The Kier molecular flexibility index (Phi) is 4.43. The normalized spacial score (nSPS) is 10.7. The zero-order chi connectivity index (χ0) is 14.7. The molecule has 9 heteroatoms. The molecule has 104 valence electrons.